The third-order valence-electron chi connectivity index (χ3n) is 5.09. The minimum absolute atomic E-state index is 0.219. The van der Waals surface area contributed by atoms with E-state index < -0.39 is 24.0 Å². The summed E-state index contributed by atoms with van der Waals surface area (Å²) >= 11 is 0. The van der Waals surface area contributed by atoms with Crippen LogP contribution in [0, 0.1) is 6.92 Å². The summed E-state index contributed by atoms with van der Waals surface area (Å²) in [6.07, 6.45) is -1.35. The molecule has 154 valence electrons. The van der Waals surface area contributed by atoms with Crippen molar-refractivity contribution in [3.8, 4) is 0 Å². The van der Waals surface area contributed by atoms with Crippen molar-refractivity contribution in [2.45, 2.75) is 19.1 Å². The zero-order valence-corrected chi connectivity index (χ0v) is 16.4. The lowest BCUT2D eigenvalue weighted by atomic mass is 10.1. The van der Waals surface area contributed by atoms with E-state index in [1.807, 2.05) is 31.2 Å². The van der Waals surface area contributed by atoms with Crippen molar-refractivity contribution in [1.82, 2.24) is 4.98 Å². The number of morpholine rings is 1. The molecule has 0 aliphatic carbocycles. The molecule has 1 aromatic heterocycles. The van der Waals surface area contributed by atoms with E-state index in [9.17, 15) is 14.7 Å². The molecule has 1 aliphatic rings. The number of aliphatic hydroxyl groups excluding tert-OH is 1. The third-order valence-corrected chi connectivity index (χ3v) is 5.09. The first-order chi connectivity index (χ1) is 14.4. The normalized spacial score (nSPS) is 17.7. The van der Waals surface area contributed by atoms with E-state index in [4.69, 9.17) is 10.5 Å². The number of hydrogen-bond acceptors (Lipinski definition) is 6. The van der Waals surface area contributed by atoms with Crippen molar-refractivity contribution >= 4 is 39.8 Å². The van der Waals surface area contributed by atoms with Crippen LogP contribution >= 0.6 is 0 Å². The van der Waals surface area contributed by atoms with Gasteiger partial charge in [-0.3, -0.25) is 9.59 Å². The lowest BCUT2D eigenvalue weighted by Crippen LogP contribution is -2.55. The van der Waals surface area contributed by atoms with E-state index in [1.165, 1.54) is 4.90 Å². The molecule has 0 radical (unpaired) electrons. The molecule has 1 saturated heterocycles. The standard InChI is InChI=1S/C22H22N4O4/c1-13-2-5-16(6-3-13)26-10-11-30-19(22(26)29)18(27)21(28)25-15-4-7-17-14(12-15)8-9-24-20(17)23/h2-9,12,18-19,27H,10-11H2,1H3,(H2,23,24)(H,25,28)/t18-,19-/m1/s1. The molecule has 0 saturated carbocycles. The lowest BCUT2D eigenvalue weighted by molar-refractivity contribution is -0.150. The highest BCUT2D eigenvalue weighted by atomic mass is 16.5. The number of nitrogen functional groups attached to an aromatic ring is 1. The van der Waals surface area contributed by atoms with Crippen LogP contribution in [0.5, 0.6) is 0 Å². The molecule has 30 heavy (non-hydrogen) atoms. The van der Waals surface area contributed by atoms with Crippen LogP contribution in [0.1, 0.15) is 5.56 Å². The average Bonchev–Trinajstić information content (AvgIpc) is 2.74. The maximum atomic E-state index is 12.9. The van der Waals surface area contributed by atoms with Crippen LogP contribution < -0.4 is 16.0 Å². The molecule has 2 heterocycles. The topological polar surface area (TPSA) is 118 Å². The second kappa shape index (κ2) is 8.10. The zero-order valence-electron chi connectivity index (χ0n) is 16.4. The number of amides is 2. The molecule has 2 atom stereocenters. The molecule has 2 aromatic carbocycles. The van der Waals surface area contributed by atoms with Gasteiger partial charge in [0.25, 0.3) is 11.8 Å². The Morgan fingerprint density at radius 3 is 2.80 bits per heavy atom. The Kier molecular flexibility index (Phi) is 5.35. The highest BCUT2D eigenvalue weighted by molar-refractivity contribution is 6.04. The van der Waals surface area contributed by atoms with Crippen LogP contribution in [-0.2, 0) is 14.3 Å². The minimum atomic E-state index is -1.65. The number of benzene rings is 2. The molecule has 8 nitrogen and oxygen atoms in total. The van der Waals surface area contributed by atoms with Crippen LogP contribution in [0.25, 0.3) is 10.8 Å². The van der Waals surface area contributed by atoms with E-state index in [2.05, 4.69) is 10.3 Å². The Morgan fingerprint density at radius 1 is 1.27 bits per heavy atom. The summed E-state index contributed by atoms with van der Waals surface area (Å²) in [7, 11) is 0. The lowest BCUT2D eigenvalue weighted by Gasteiger charge is -2.34. The number of rotatable bonds is 4. The fourth-order valence-electron chi connectivity index (χ4n) is 3.45. The Morgan fingerprint density at radius 2 is 2.03 bits per heavy atom. The van der Waals surface area contributed by atoms with Crippen molar-refractivity contribution in [1.29, 1.82) is 0 Å². The van der Waals surface area contributed by atoms with Gasteiger partial charge in [0.15, 0.2) is 12.2 Å². The minimum Gasteiger partial charge on any atom is -0.383 e. The van der Waals surface area contributed by atoms with Crippen molar-refractivity contribution in [2.75, 3.05) is 29.1 Å². The molecular weight excluding hydrogens is 384 g/mol. The number of carbonyl (C=O) groups is 2. The van der Waals surface area contributed by atoms with Crippen molar-refractivity contribution in [2.24, 2.45) is 0 Å². The SMILES string of the molecule is Cc1ccc(N2CCO[C@H]([C@@H](O)C(=O)Nc3ccc4c(N)nccc4c3)C2=O)cc1. The van der Waals surface area contributed by atoms with E-state index in [-0.39, 0.29) is 6.61 Å². The maximum Gasteiger partial charge on any atom is 0.259 e. The van der Waals surface area contributed by atoms with E-state index in [0.29, 0.717) is 23.7 Å². The van der Waals surface area contributed by atoms with Gasteiger partial charge in [-0.15, -0.1) is 0 Å². The van der Waals surface area contributed by atoms with E-state index in [0.717, 1.165) is 16.3 Å². The van der Waals surface area contributed by atoms with Crippen LogP contribution in [-0.4, -0.2) is 47.3 Å². The summed E-state index contributed by atoms with van der Waals surface area (Å²) < 4.78 is 5.45. The number of anilines is 3. The van der Waals surface area contributed by atoms with Crippen molar-refractivity contribution in [3.63, 3.8) is 0 Å². The molecule has 4 rings (SSSR count). The van der Waals surface area contributed by atoms with Gasteiger partial charge in [-0.25, -0.2) is 4.98 Å². The number of aromatic nitrogens is 1. The van der Waals surface area contributed by atoms with Gasteiger partial charge in [-0.05, 0) is 48.7 Å². The zero-order chi connectivity index (χ0) is 21.3. The molecule has 1 aliphatic heterocycles. The Labute approximate surface area is 173 Å². The van der Waals surface area contributed by atoms with Crippen LogP contribution in [0.4, 0.5) is 17.2 Å². The van der Waals surface area contributed by atoms with Crippen molar-refractivity contribution < 1.29 is 19.4 Å². The van der Waals surface area contributed by atoms with Crippen LogP contribution in [0.15, 0.2) is 54.7 Å². The number of aliphatic hydroxyl groups is 1. The molecule has 0 bridgehead atoms. The molecule has 0 unspecified atom stereocenters. The summed E-state index contributed by atoms with van der Waals surface area (Å²) in [4.78, 5) is 31.0. The van der Waals surface area contributed by atoms with Gasteiger partial charge in [-0.2, -0.15) is 0 Å². The number of hydrogen-bond donors (Lipinski definition) is 3. The monoisotopic (exact) mass is 406 g/mol. The molecule has 8 heteroatoms. The Bertz CT molecular complexity index is 1100. The fourth-order valence-corrected chi connectivity index (χ4v) is 3.45. The summed E-state index contributed by atoms with van der Waals surface area (Å²) in [6.45, 7) is 2.53. The van der Waals surface area contributed by atoms with Gasteiger partial charge in [0.2, 0.25) is 0 Å². The third kappa shape index (κ3) is 3.83. The number of aryl methyl sites for hydroxylation is 1. The quantitative estimate of drug-likeness (QED) is 0.609. The highest BCUT2D eigenvalue weighted by Gasteiger charge is 2.39. The second-order valence-corrected chi connectivity index (χ2v) is 7.18. The Balaban J connectivity index is 1.49. The number of fused-ring (bicyclic) bond motifs is 1. The molecular formula is C22H22N4O4. The van der Waals surface area contributed by atoms with Crippen LogP contribution in [0.2, 0.25) is 0 Å². The van der Waals surface area contributed by atoms with Gasteiger partial charge in [-0.1, -0.05) is 17.7 Å². The first-order valence-corrected chi connectivity index (χ1v) is 9.57. The smallest absolute Gasteiger partial charge is 0.259 e. The molecule has 1 fully saturated rings. The number of nitrogens with zero attached hydrogens (tertiary/aromatic N) is 2. The van der Waals surface area contributed by atoms with Gasteiger partial charge in [0, 0.05) is 29.5 Å². The summed E-state index contributed by atoms with van der Waals surface area (Å²) in [5.41, 5.74) is 8.08. The number of ether oxygens (including phenoxy) is 1. The van der Waals surface area contributed by atoms with Gasteiger partial charge >= 0.3 is 0 Å². The highest BCUT2D eigenvalue weighted by Crippen LogP contribution is 2.24. The Hall–Kier alpha value is -3.49. The molecule has 0 spiro atoms. The maximum absolute atomic E-state index is 12.9. The predicted octanol–water partition coefficient (Wildman–Crippen LogP) is 1.86. The summed E-state index contributed by atoms with van der Waals surface area (Å²) in [5, 5.41) is 14.7. The molecule has 4 N–H and O–H groups in total. The second-order valence-electron chi connectivity index (χ2n) is 7.18. The number of nitrogens with one attached hydrogen (secondary N) is 1. The largest absolute Gasteiger partial charge is 0.383 e. The van der Waals surface area contributed by atoms with Crippen LogP contribution in [0.3, 0.4) is 0 Å². The molecule has 2 amide bonds. The van der Waals surface area contributed by atoms with Gasteiger partial charge < -0.3 is 25.8 Å². The van der Waals surface area contributed by atoms with Gasteiger partial charge in [0.05, 0.1) is 6.61 Å². The number of pyridine rings is 1. The predicted molar refractivity (Wildman–Crippen MR) is 114 cm³/mol. The summed E-state index contributed by atoms with van der Waals surface area (Å²) in [6, 6.07) is 14.4. The average molecular weight is 406 g/mol. The fraction of sp³-hybridized carbons (Fsp3) is 0.227. The molecule has 3 aromatic rings. The first-order valence-electron chi connectivity index (χ1n) is 9.57. The number of carbonyl (C=O) groups excluding carboxylic acids is 2. The number of nitrogens with two attached hydrogens (primary N) is 1. The van der Waals surface area contributed by atoms with E-state index >= 15 is 0 Å². The summed E-state index contributed by atoms with van der Waals surface area (Å²) in [5.74, 6) is -0.784. The van der Waals surface area contributed by atoms with Gasteiger partial charge in [0.1, 0.15) is 5.82 Å². The first kappa shape index (κ1) is 19.8. The van der Waals surface area contributed by atoms with E-state index in [1.54, 1.807) is 30.5 Å². The van der Waals surface area contributed by atoms with Crippen molar-refractivity contribution in [3.05, 3.63) is 60.3 Å².